The lowest BCUT2D eigenvalue weighted by molar-refractivity contribution is -0.137. The van der Waals surface area contributed by atoms with Crippen LogP contribution in [0.25, 0.3) is 0 Å². The van der Waals surface area contributed by atoms with Crippen molar-refractivity contribution >= 4 is 27.6 Å². The zero-order chi connectivity index (χ0) is 21.1. The molecule has 3 aromatic rings. The zero-order valence-corrected chi connectivity index (χ0v) is 15.3. The average molecular weight is 422 g/mol. The second-order valence-corrected chi connectivity index (χ2v) is 7.41. The Bertz CT molecular complexity index is 1100. The van der Waals surface area contributed by atoms with Gasteiger partial charge in [0.05, 0.1) is 10.5 Å². The fourth-order valence-electron chi connectivity index (χ4n) is 2.26. The summed E-state index contributed by atoms with van der Waals surface area (Å²) in [5.74, 6) is -0.725. The lowest BCUT2D eigenvalue weighted by Crippen LogP contribution is -2.15. The van der Waals surface area contributed by atoms with Crippen molar-refractivity contribution in [2.45, 2.75) is 11.1 Å². The number of rotatable bonds is 5. The van der Waals surface area contributed by atoms with E-state index < -0.39 is 27.7 Å². The van der Waals surface area contributed by atoms with Crippen molar-refractivity contribution in [1.82, 2.24) is 9.97 Å². The highest BCUT2D eigenvalue weighted by Crippen LogP contribution is 2.29. The van der Waals surface area contributed by atoms with E-state index in [0.717, 1.165) is 24.3 Å². The Morgan fingerprint density at radius 3 is 2.03 bits per heavy atom. The Morgan fingerprint density at radius 1 is 0.897 bits per heavy atom. The standard InChI is InChI=1S/C18H13F3N4O3S/c19-18(20,21)13-4-2-12(3-5-13)16(26)24-14-6-8-15(9-7-14)29(27,28)25-17-22-10-1-11-23-17/h1-11H,(H,24,26)(H,22,23,25). The molecule has 3 rings (SSSR count). The Labute approximate surface area is 163 Å². The van der Waals surface area contributed by atoms with Gasteiger partial charge < -0.3 is 5.32 Å². The van der Waals surface area contributed by atoms with Crippen molar-refractivity contribution in [3.63, 3.8) is 0 Å². The highest BCUT2D eigenvalue weighted by molar-refractivity contribution is 7.92. The third kappa shape index (κ3) is 5.08. The summed E-state index contributed by atoms with van der Waals surface area (Å²) < 4.78 is 64.5. The molecule has 29 heavy (non-hydrogen) atoms. The molecule has 0 aliphatic carbocycles. The summed E-state index contributed by atoms with van der Waals surface area (Å²) in [5, 5.41) is 2.48. The second-order valence-electron chi connectivity index (χ2n) is 5.73. The van der Waals surface area contributed by atoms with E-state index in [0.29, 0.717) is 0 Å². The summed E-state index contributed by atoms with van der Waals surface area (Å²) >= 11 is 0. The van der Waals surface area contributed by atoms with Gasteiger partial charge in [-0.05, 0) is 54.6 Å². The van der Waals surface area contributed by atoms with Crippen molar-refractivity contribution in [2.75, 3.05) is 10.0 Å². The van der Waals surface area contributed by atoms with Crippen LogP contribution in [-0.2, 0) is 16.2 Å². The summed E-state index contributed by atoms with van der Waals surface area (Å²) in [5.41, 5.74) is -0.569. The van der Waals surface area contributed by atoms with Gasteiger partial charge in [0.2, 0.25) is 5.95 Å². The topological polar surface area (TPSA) is 101 Å². The van der Waals surface area contributed by atoms with E-state index in [4.69, 9.17) is 0 Å². The minimum Gasteiger partial charge on any atom is -0.322 e. The van der Waals surface area contributed by atoms with Crippen LogP contribution in [0.5, 0.6) is 0 Å². The molecule has 0 spiro atoms. The fourth-order valence-corrected chi connectivity index (χ4v) is 3.22. The largest absolute Gasteiger partial charge is 0.416 e. The molecular formula is C18H13F3N4O3S. The summed E-state index contributed by atoms with van der Waals surface area (Å²) in [4.78, 5) is 19.6. The number of amides is 1. The summed E-state index contributed by atoms with van der Waals surface area (Å²) in [6, 6.07) is 10.5. The number of carbonyl (C=O) groups excluding carboxylic acids is 1. The lowest BCUT2D eigenvalue weighted by Gasteiger charge is -2.09. The molecule has 150 valence electrons. The predicted octanol–water partition coefficient (Wildman–Crippen LogP) is 3.55. The highest BCUT2D eigenvalue weighted by Gasteiger charge is 2.30. The molecule has 0 unspecified atom stereocenters. The van der Waals surface area contributed by atoms with Gasteiger partial charge >= 0.3 is 6.18 Å². The number of anilines is 2. The number of alkyl halides is 3. The van der Waals surface area contributed by atoms with Crippen LogP contribution in [0, 0.1) is 0 Å². The quantitative estimate of drug-likeness (QED) is 0.655. The van der Waals surface area contributed by atoms with E-state index in [1.54, 1.807) is 0 Å². The molecular weight excluding hydrogens is 409 g/mol. The number of benzene rings is 2. The number of halogens is 3. The molecule has 0 radical (unpaired) electrons. The van der Waals surface area contributed by atoms with Crippen molar-refractivity contribution in [3.05, 3.63) is 78.1 Å². The number of hydrogen-bond donors (Lipinski definition) is 2. The fraction of sp³-hybridized carbons (Fsp3) is 0.0556. The van der Waals surface area contributed by atoms with Gasteiger partial charge in [-0.25, -0.2) is 23.1 Å². The number of carbonyl (C=O) groups is 1. The van der Waals surface area contributed by atoms with Gasteiger partial charge in [0, 0.05) is 23.6 Å². The number of sulfonamides is 1. The molecule has 1 aromatic heterocycles. The van der Waals surface area contributed by atoms with Crippen LogP contribution >= 0.6 is 0 Å². The monoisotopic (exact) mass is 422 g/mol. The van der Waals surface area contributed by atoms with Gasteiger partial charge in [0.15, 0.2) is 0 Å². The maximum absolute atomic E-state index is 12.6. The predicted molar refractivity (Wildman–Crippen MR) is 98.7 cm³/mol. The minimum atomic E-state index is -4.49. The number of nitrogens with one attached hydrogen (secondary N) is 2. The molecule has 0 bridgehead atoms. The lowest BCUT2D eigenvalue weighted by atomic mass is 10.1. The van der Waals surface area contributed by atoms with Crippen molar-refractivity contribution in [2.24, 2.45) is 0 Å². The Kier molecular flexibility index (Phi) is 5.50. The van der Waals surface area contributed by atoms with Crippen LogP contribution in [0.15, 0.2) is 71.9 Å². The molecule has 7 nitrogen and oxygen atoms in total. The van der Waals surface area contributed by atoms with Crippen LogP contribution in [-0.4, -0.2) is 24.3 Å². The van der Waals surface area contributed by atoms with E-state index in [-0.39, 0.29) is 22.1 Å². The van der Waals surface area contributed by atoms with E-state index >= 15 is 0 Å². The van der Waals surface area contributed by atoms with Crippen LogP contribution in [0.4, 0.5) is 24.8 Å². The first-order chi connectivity index (χ1) is 13.6. The van der Waals surface area contributed by atoms with E-state index in [1.165, 1.54) is 42.7 Å². The van der Waals surface area contributed by atoms with Gasteiger partial charge in [-0.1, -0.05) is 0 Å². The molecule has 0 saturated carbocycles. The molecule has 2 aromatic carbocycles. The van der Waals surface area contributed by atoms with Crippen LogP contribution < -0.4 is 10.0 Å². The van der Waals surface area contributed by atoms with Gasteiger partial charge in [-0.3, -0.25) is 4.79 Å². The van der Waals surface area contributed by atoms with Crippen molar-refractivity contribution in [1.29, 1.82) is 0 Å². The maximum atomic E-state index is 12.6. The third-order valence-corrected chi connectivity index (χ3v) is 5.03. The zero-order valence-electron chi connectivity index (χ0n) is 14.5. The first-order valence-corrected chi connectivity index (χ1v) is 9.52. The summed E-state index contributed by atoms with van der Waals surface area (Å²) in [7, 11) is -3.92. The van der Waals surface area contributed by atoms with E-state index in [2.05, 4.69) is 20.0 Å². The maximum Gasteiger partial charge on any atom is 0.416 e. The minimum absolute atomic E-state index is 0.0255. The third-order valence-electron chi connectivity index (χ3n) is 3.69. The van der Waals surface area contributed by atoms with Gasteiger partial charge in [0.1, 0.15) is 0 Å². The highest BCUT2D eigenvalue weighted by atomic mass is 32.2. The number of nitrogens with zero attached hydrogens (tertiary/aromatic N) is 2. The van der Waals surface area contributed by atoms with Gasteiger partial charge in [-0.15, -0.1) is 0 Å². The molecule has 1 heterocycles. The average Bonchev–Trinajstić information content (AvgIpc) is 2.68. The van der Waals surface area contributed by atoms with E-state index in [1.807, 2.05) is 0 Å². The van der Waals surface area contributed by atoms with E-state index in [9.17, 15) is 26.4 Å². The Hall–Kier alpha value is -3.47. The Morgan fingerprint density at radius 2 is 1.48 bits per heavy atom. The normalized spacial score (nSPS) is 11.7. The molecule has 0 aliphatic rings. The molecule has 11 heteroatoms. The Balaban J connectivity index is 1.69. The molecule has 0 saturated heterocycles. The SMILES string of the molecule is O=C(Nc1ccc(S(=O)(=O)Nc2ncccn2)cc1)c1ccc(C(F)(F)F)cc1. The van der Waals surface area contributed by atoms with Crippen LogP contribution in [0.1, 0.15) is 15.9 Å². The number of aromatic nitrogens is 2. The van der Waals surface area contributed by atoms with Gasteiger partial charge in [0.25, 0.3) is 15.9 Å². The van der Waals surface area contributed by atoms with Crippen LogP contribution in [0.2, 0.25) is 0 Å². The van der Waals surface area contributed by atoms with Crippen LogP contribution in [0.3, 0.4) is 0 Å². The summed E-state index contributed by atoms with van der Waals surface area (Å²) in [6.07, 6.45) is -1.73. The van der Waals surface area contributed by atoms with Crippen molar-refractivity contribution < 1.29 is 26.4 Å². The molecule has 2 N–H and O–H groups in total. The summed E-state index contributed by atoms with van der Waals surface area (Å²) in [6.45, 7) is 0. The first kappa shape index (κ1) is 20.3. The van der Waals surface area contributed by atoms with Gasteiger partial charge in [-0.2, -0.15) is 13.2 Å². The molecule has 1 amide bonds. The van der Waals surface area contributed by atoms with Crippen molar-refractivity contribution in [3.8, 4) is 0 Å². The first-order valence-electron chi connectivity index (χ1n) is 8.04. The smallest absolute Gasteiger partial charge is 0.322 e. The second kappa shape index (κ2) is 7.87. The molecule has 0 aliphatic heterocycles. The molecule has 0 atom stereocenters. The number of hydrogen-bond acceptors (Lipinski definition) is 5. The molecule has 0 fully saturated rings.